The Kier molecular flexibility index (Phi) is 19.9. The molecule has 9 rings (SSSR count). The van der Waals surface area contributed by atoms with Gasteiger partial charge in [0, 0.05) is 13.0 Å². The van der Waals surface area contributed by atoms with Gasteiger partial charge in [0.2, 0.25) is 0 Å². The summed E-state index contributed by atoms with van der Waals surface area (Å²) < 4.78 is 69.4. The standard InChI is InChI=1S/C63H68O10/c1-64-63-62(71-44-53-35-21-8-22-36-53)58(67-40-49-27-13-4-14-28-49)54(56(73-63)45-65-38-47-23-9-2-10-24-47)37-55-59(68-41-50-29-15-5-16-30-50)61(70-43-52-33-19-7-20-34-52)60(69-42-51-31-17-6-18-32-51)57(72-55)46-66-39-48-25-11-3-12-26-48/h2-36,54-63H,37-46H2,1H3/t54-,55-,56-,57-,58+,59-,60-,61-,62+,63+/m1/s1. The summed E-state index contributed by atoms with van der Waals surface area (Å²) in [5.74, 6) is -0.373. The Labute approximate surface area is 431 Å². The number of ether oxygens (including phenoxy) is 10. The molecule has 0 spiro atoms. The highest BCUT2D eigenvalue weighted by Gasteiger charge is 2.53. The predicted octanol–water partition coefficient (Wildman–Crippen LogP) is 11.5. The maximum absolute atomic E-state index is 7.48. The quantitative estimate of drug-likeness (QED) is 0.0522. The van der Waals surface area contributed by atoms with E-state index in [1.54, 1.807) is 7.11 Å². The zero-order chi connectivity index (χ0) is 49.7. The lowest BCUT2D eigenvalue weighted by Crippen LogP contribution is -2.63. The van der Waals surface area contributed by atoms with E-state index < -0.39 is 55.1 Å². The minimum absolute atomic E-state index is 0.231. The highest BCUT2D eigenvalue weighted by molar-refractivity contribution is 5.19. The van der Waals surface area contributed by atoms with Crippen LogP contribution in [0.1, 0.15) is 45.4 Å². The fourth-order valence-electron chi connectivity index (χ4n) is 9.73. The summed E-state index contributed by atoms with van der Waals surface area (Å²) in [5, 5.41) is 0. The number of hydrogen-bond donors (Lipinski definition) is 0. The molecular weight excluding hydrogens is 917 g/mol. The van der Waals surface area contributed by atoms with E-state index in [9.17, 15) is 0 Å². The van der Waals surface area contributed by atoms with Crippen molar-refractivity contribution in [1.82, 2.24) is 0 Å². The Morgan fingerprint density at radius 3 is 0.973 bits per heavy atom. The van der Waals surface area contributed by atoms with Gasteiger partial charge >= 0.3 is 0 Å². The van der Waals surface area contributed by atoms with Gasteiger partial charge in [-0.05, 0) is 45.4 Å². The molecule has 10 atom stereocenters. The van der Waals surface area contributed by atoms with Crippen LogP contribution < -0.4 is 0 Å². The van der Waals surface area contributed by atoms with Gasteiger partial charge in [0.05, 0.1) is 77.8 Å². The van der Waals surface area contributed by atoms with Crippen molar-refractivity contribution in [1.29, 1.82) is 0 Å². The van der Waals surface area contributed by atoms with Crippen molar-refractivity contribution in [2.24, 2.45) is 5.92 Å². The van der Waals surface area contributed by atoms with Crippen LogP contribution >= 0.6 is 0 Å². The van der Waals surface area contributed by atoms with E-state index in [2.05, 4.69) is 84.9 Å². The summed E-state index contributed by atoms with van der Waals surface area (Å²) in [5.41, 5.74) is 7.25. The minimum Gasteiger partial charge on any atom is -0.374 e. The second-order valence-corrected chi connectivity index (χ2v) is 18.7. The highest BCUT2D eigenvalue weighted by atomic mass is 16.7. The van der Waals surface area contributed by atoms with Crippen LogP contribution in [-0.2, 0) is 93.6 Å². The largest absolute Gasteiger partial charge is 0.374 e. The lowest BCUT2D eigenvalue weighted by Gasteiger charge is -2.50. The fourth-order valence-corrected chi connectivity index (χ4v) is 9.73. The van der Waals surface area contributed by atoms with Gasteiger partial charge in [0.15, 0.2) is 6.29 Å². The average molecular weight is 985 g/mol. The number of benzene rings is 7. The maximum atomic E-state index is 7.48. The van der Waals surface area contributed by atoms with Crippen molar-refractivity contribution in [3.63, 3.8) is 0 Å². The normalized spacial score (nSPS) is 24.0. The van der Waals surface area contributed by atoms with Gasteiger partial charge in [0.1, 0.15) is 30.5 Å². The van der Waals surface area contributed by atoms with Crippen LogP contribution in [0.5, 0.6) is 0 Å². The molecule has 0 saturated carbocycles. The molecule has 2 heterocycles. The van der Waals surface area contributed by atoms with Gasteiger partial charge in [-0.3, -0.25) is 0 Å². The average Bonchev–Trinajstić information content (AvgIpc) is 3.45. The van der Waals surface area contributed by atoms with Gasteiger partial charge in [-0.15, -0.1) is 0 Å². The van der Waals surface area contributed by atoms with Gasteiger partial charge < -0.3 is 47.4 Å². The molecule has 2 aliphatic heterocycles. The van der Waals surface area contributed by atoms with E-state index in [1.807, 2.05) is 127 Å². The van der Waals surface area contributed by atoms with Crippen molar-refractivity contribution in [2.45, 2.75) is 108 Å². The third-order valence-electron chi connectivity index (χ3n) is 13.5. The van der Waals surface area contributed by atoms with Crippen LogP contribution in [0.3, 0.4) is 0 Å². The molecule has 2 aliphatic rings. The molecular formula is C63H68O10. The molecule has 0 aliphatic carbocycles. The van der Waals surface area contributed by atoms with Crippen molar-refractivity contribution in [3.05, 3.63) is 251 Å². The predicted molar refractivity (Wildman–Crippen MR) is 280 cm³/mol. The first kappa shape index (κ1) is 52.0. The molecule has 2 fully saturated rings. The third kappa shape index (κ3) is 15.3. The van der Waals surface area contributed by atoms with Crippen molar-refractivity contribution < 1.29 is 47.4 Å². The first-order valence-corrected chi connectivity index (χ1v) is 25.5. The Bertz CT molecular complexity index is 2560. The first-order valence-electron chi connectivity index (χ1n) is 25.5. The van der Waals surface area contributed by atoms with Crippen LogP contribution in [0, 0.1) is 5.92 Å². The Morgan fingerprint density at radius 2 is 0.603 bits per heavy atom. The van der Waals surface area contributed by atoms with Gasteiger partial charge in [-0.25, -0.2) is 0 Å². The van der Waals surface area contributed by atoms with Gasteiger partial charge in [-0.1, -0.05) is 212 Å². The topological polar surface area (TPSA) is 92.3 Å². The summed E-state index contributed by atoms with van der Waals surface area (Å²) in [7, 11) is 1.65. The van der Waals surface area contributed by atoms with E-state index in [0.29, 0.717) is 52.7 Å². The molecule has 0 aromatic heterocycles. The molecule has 380 valence electrons. The Hall–Kier alpha value is -5.86. The molecule has 7 aromatic rings. The first-order chi connectivity index (χ1) is 36.2. The van der Waals surface area contributed by atoms with Crippen molar-refractivity contribution in [3.8, 4) is 0 Å². The third-order valence-corrected chi connectivity index (χ3v) is 13.5. The summed E-state index contributed by atoms with van der Waals surface area (Å²) in [6.07, 6.45) is -5.12. The monoisotopic (exact) mass is 984 g/mol. The molecule has 7 aromatic carbocycles. The van der Waals surface area contributed by atoms with Crippen molar-refractivity contribution in [2.75, 3.05) is 20.3 Å². The lowest BCUT2D eigenvalue weighted by molar-refractivity contribution is -0.316. The number of rotatable bonds is 26. The molecule has 0 N–H and O–H groups in total. The SMILES string of the molecule is CO[C@H]1O[C@H](COCc2ccccc2)[C@@H](C[C@H]2O[C@H](COCc3ccccc3)[C@@H](OCc3ccccc3)[C@H](OCc3ccccc3)[C@@H]2OCc2ccccc2)[C@H](OCc2ccccc2)[C@@H]1OCc1ccccc1. The van der Waals surface area contributed by atoms with Crippen LogP contribution in [0.2, 0.25) is 0 Å². The fraction of sp³-hybridized carbons (Fsp3) is 0.333. The van der Waals surface area contributed by atoms with E-state index in [0.717, 1.165) is 38.9 Å². The van der Waals surface area contributed by atoms with E-state index in [-0.39, 0.29) is 19.1 Å². The summed E-state index contributed by atoms with van der Waals surface area (Å²) in [6.45, 7) is 2.88. The molecule has 10 nitrogen and oxygen atoms in total. The van der Waals surface area contributed by atoms with Crippen LogP contribution in [0.15, 0.2) is 212 Å². The maximum Gasteiger partial charge on any atom is 0.186 e. The van der Waals surface area contributed by atoms with E-state index >= 15 is 0 Å². The second kappa shape index (κ2) is 28.0. The van der Waals surface area contributed by atoms with E-state index in [1.165, 1.54) is 0 Å². The molecule has 0 bridgehead atoms. The van der Waals surface area contributed by atoms with Crippen LogP contribution in [-0.4, -0.2) is 75.4 Å². The lowest BCUT2D eigenvalue weighted by atomic mass is 9.81. The Balaban J connectivity index is 1.11. The van der Waals surface area contributed by atoms with Gasteiger partial charge in [-0.2, -0.15) is 0 Å². The van der Waals surface area contributed by atoms with Crippen molar-refractivity contribution >= 4 is 0 Å². The number of hydrogen-bond acceptors (Lipinski definition) is 10. The van der Waals surface area contributed by atoms with Gasteiger partial charge in [0.25, 0.3) is 0 Å². The molecule has 10 heteroatoms. The zero-order valence-electron chi connectivity index (χ0n) is 41.6. The molecule has 2 saturated heterocycles. The molecule has 0 unspecified atom stereocenters. The molecule has 0 radical (unpaired) electrons. The molecule has 0 amide bonds. The van der Waals surface area contributed by atoms with E-state index in [4.69, 9.17) is 47.4 Å². The zero-order valence-corrected chi connectivity index (χ0v) is 41.6. The van der Waals surface area contributed by atoms with Crippen LogP contribution in [0.4, 0.5) is 0 Å². The van der Waals surface area contributed by atoms with Crippen LogP contribution in [0.25, 0.3) is 0 Å². The Morgan fingerprint density at radius 1 is 0.301 bits per heavy atom. The number of methoxy groups -OCH3 is 1. The second-order valence-electron chi connectivity index (χ2n) is 18.7. The minimum atomic E-state index is -0.777. The summed E-state index contributed by atoms with van der Waals surface area (Å²) in [4.78, 5) is 0. The molecule has 73 heavy (non-hydrogen) atoms. The summed E-state index contributed by atoms with van der Waals surface area (Å²) in [6, 6.07) is 71.3. The highest BCUT2D eigenvalue weighted by Crippen LogP contribution is 2.40. The smallest absolute Gasteiger partial charge is 0.186 e. The summed E-state index contributed by atoms with van der Waals surface area (Å²) >= 11 is 0.